The van der Waals surface area contributed by atoms with Crippen molar-refractivity contribution < 1.29 is 0 Å². The van der Waals surface area contributed by atoms with Crippen LogP contribution in [-0.4, -0.2) is 9.97 Å². The highest BCUT2D eigenvalue weighted by Gasteiger charge is 2.36. The van der Waals surface area contributed by atoms with Crippen LogP contribution < -0.4 is 5.56 Å². The summed E-state index contributed by atoms with van der Waals surface area (Å²) < 4.78 is 0.388. The summed E-state index contributed by atoms with van der Waals surface area (Å²) >= 11 is 5.11. The smallest absolute Gasteiger partial charge is 0.256 e. The Morgan fingerprint density at radius 2 is 2.05 bits per heavy atom. The van der Waals surface area contributed by atoms with Crippen molar-refractivity contribution in [2.75, 3.05) is 0 Å². The Morgan fingerprint density at radius 1 is 1.32 bits per heavy atom. The molecule has 0 spiro atoms. The van der Waals surface area contributed by atoms with E-state index in [1.54, 1.807) is 0 Å². The van der Waals surface area contributed by atoms with Crippen molar-refractivity contribution in [1.82, 2.24) is 9.97 Å². The van der Waals surface area contributed by atoms with Crippen molar-refractivity contribution in [1.29, 1.82) is 0 Å². The third-order valence-corrected chi connectivity index (χ3v) is 4.40. The molecule has 19 heavy (non-hydrogen) atoms. The number of aromatic nitrogens is 2. The predicted octanol–water partition coefficient (Wildman–Crippen LogP) is 3.32. The maximum absolute atomic E-state index is 12.3. The first-order valence-electron chi connectivity index (χ1n) is 6.50. The van der Waals surface area contributed by atoms with E-state index < -0.39 is 0 Å². The van der Waals surface area contributed by atoms with E-state index in [0.29, 0.717) is 4.77 Å². The maximum atomic E-state index is 12.3. The van der Waals surface area contributed by atoms with E-state index >= 15 is 0 Å². The van der Waals surface area contributed by atoms with Gasteiger partial charge >= 0.3 is 0 Å². The van der Waals surface area contributed by atoms with Crippen LogP contribution in [0.3, 0.4) is 0 Å². The van der Waals surface area contributed by atoms with Crippen LogP contribution in [0, 0.1) is 4.77 Å². The van der Waals surface area contributed by atoms with E-state index in [1.165, 1.54) is 5.56 Å². The molecule has 0 aliphatic heterocycles. The summed E-state index contributed by atoms with van der Waals surface area (Å²) in [6.07, 6.45) is 1.81. The molecule has 0 radical (unpaired) electrons. The van der Waals surface area contributed by atoms with Gasteiger partial charge in [-0.1, -0.05) is 38.1 Å². The van der Waals surface area contributed by atoms with Gasteiger partial charge in [-0.3, -0.25) is 9.78 Å². The molecule has 1 heterocycles. The number of benzene rings is 1. The van der Waals surface area contributed by atoms with E-state index in [0.717, 1.165) is 29.7 Å². The third kappa shape index (κ3) is 1.78. The van der Waals surface area contributed by atoms with Gasteiger partial charge in [0.2, 0.25) is 0 Å². The normalized spacial score (nSPS) is 20.7. The van der Waals surface area contributed by atoms with Crippen molar-refractivity contribution in [3.8, 4) is 11.3 Å². The summed E-state index contributed by atoms with van der Waals surface area (Å²) in [7, 11) is 0. The first-order valence-corrected chi connectivity index (χ1v) is 6.91. The van der Waals surface area contributed by atoms with Crippen LogP contribution in [-0.2, 0) is 11.8 Å². The molecule has 98 valence electrons. The van der Waals surface area contributed by atoms with Gasteiger partial charge in [-0.25, -0.2) is 0 Å². The molecule has 1 aromatic carbocycles. The molecule has 0 amide bonds. The average molecular weight is 272 g/mol. The SMILES string of the molecule is CC[C@@]1(C)Cc2ccccc2-c2[nH]c(=S)[nH]c(=O)c21. The maximum Gasteiger partial charge on any atom is 0.256 e. The summed E-state index contributed by atoms with van der Waals surface area (Å²) in [4.78, 5) is 18.2. The Morgan fingerprint density at radius 3 is 2.79 bits per heavy atom. The highest BCUT2D eigenvalue weighted by Crippen LogP contribution is 2.41. The molecule has 0 saturated carbocycles. The molecule has 3 rings (SSSR count). The molecule has 2 N–H and O–H groups in total. The van der Waals surface area contributed by atoms with E-state index in [4.69, 9.17) is 12.2 Å². The van der Waals surface area contributed by atoms with Crippen LogP contribution in [0.2, 0.25) is 0 Å². The Balaban J connectivity index is 2.44. The van der Waals surface area contributed by atoms with Crippen LogP contribution in [0.5, 0.6) is 0 Å². The van der Waals surface area contributed by atoms with Gasteiger partial charge < -0.3 is 4.98 Å². The number of fused-ring (bicyclic) bond motifs is 3. The van der Waals surface area contributed by atoms with Crippen LogP contribution in [0.25, 0.3) is 11.3 Å². The van der Waals surface area contributed by atoms with Gasteiger partial charge in [0.25, 0.3) is 5.56 Å². The fourth-order valence-electron chi connectivity index (χ4n) is 2.99. The fourth-order valence-corrected chi connectivity index (χ4v) is 3.19. The van der Waals surface area contributed by atoms with Gasteiger partial charge in [0.15, 0.2) is 4.77 Å². The number of hydrogen-bond acceptors (Lipinski definition) is 2. The van der Waals surface area contributed by atoms with Crippen LogP contribution in [0.15, 0.2) is 29.1 Å². The Kier molecular flexibility index (Phi) is 2.71. The first-order chi connectivity index (χ1) is 9.05. The Hall–Kier alpha value is -1.68. The van der Waals surface area contributed by atoms with Crippen molar-refractivity contribution in [3.63, 3.8) is 0 Å². The van der Waals surface area contributed by atoms with Crippen LogP contribution >= 0.6 is 12.2 Å². The lowest BCUT2D eigenvalue weighted by Gasteiger charge is -2.35. The van der Waals surface area contributed by atoms with Crippen molar-refractivity contribution in [2.24, 2.45) is 0 Å². The second kappa shape index (κ2) is 4.17. The number of H-pyrrole nitrogens is 2. The summed E-state index contributed by atoms with van der Waals surface area (Å²) in [6.45, 7) is 4.27. The van der Waals surface area contributed by atoms with Gasteiger partial charge in [0, 0.05) is 16.5 Å². The minimum atomic E-state index is -0.142. The molecule has 0 bridgehead atoms. The number of aromatic amines is 2. The Labute approximate surface area is 116 Å². The van der Waals surface area contributed by atoms with Crippen LogP contribution in [0.1, 0.15) is 31.4 Å². The largest absolute Gasteiger partial charge is 0.331 e. The van der Waals surface area contributed by atoms with E-state index in [2.05, 4.69) is 29.9 Å². The molecule has 2 aromatic rings. The third-order valence-electron chi connectivity index (χ3n) is 4.19. The molecular formula is C15H16N2OS. The quantitative estimate of drug-likeness (QED) is 0.782. The van der Waals surface area contributed by atoms with Gasteiger partial charge in [-0.05, 0) is 30.6 Å². The first kappa shape index (κ1) is 12.4. The Bertz CT molecular complexity index is 759. The molecular weight excluding hydrogens is 256 g/mol. The average Bonchev–Trinajstić information content (AvgIpc) is 2.38. The van der Waals surface area contributed by atoms with Gasteiger partial charge in [0.1, 0.15) is 0 Å². The van der Waals surface area contributed by atoms with E-state index in [1.807, 2.05) is 18.2 Å². The lowest BCUT2D eigenvalue weighted by molar-refractivity contribution is 0.440. The van der Waals surface area contributed by atoms with Gasteiger partial charge in [-0.2, -0.15) is 0 Å². The number of rotatable bonds is 1. The topological polar surface area (TPSA) is 48.6 Å². The van der Waals surface area contributed by atoms with Crippen LogP contribution in [0.4, 0.5) is 0 Å². The van der Waals surface area contributed by atoms with Crippen molar-refractivity contribution >= 4 is 12.2 Å². The lowest BCUT2D eigenvalue weighted by Crippen LogP contribution is -2.36. The summed E-state index contributed by atoms with van der Waals surface area (Å²) in [5.74, 6) is 0. The lowest BCUT2D eigenvalue weighted by atomic mass is 9.69. The van der Waals surface area contributed by atoms with Crippen molar-refractivity contribution in [3.05, 3.63) is 50.5 Å². The molecule has 0 unspecified atom stereocenters. The monoisotopic (exact) mass is 272 g/mol. The minimum absolute atomic E-state index is 0.0578. The molecule has 0 fully saturated rings. The minimum Gasteiger partial charge on any atom is -0.331 e. The molecule has 1 aliphatic carbocycles. The zero-order valence-electron chi connectivity index (χ0n) is 11.0. The molecule has 0 saturated heterocycles. The predicted molar refractivity (Wildman–Crippen MR) is 79.0 cm³/mol. The van der Waals surface area contributed by atoms with Crippen molar-refractivity contribution in [2.45, 2.75) is 32.1 Å². The molecule has 3 nitrogen and oxygen atoms in total. The van der Waals surface area contributed by atoms with E-state index in [9.17, 15) is 4.79 Å². The molecule has 1 aliphatic rings. The standard InChI is InChI=1S/C15H16N2OS/c1-3-15(2)8-9-6-4-5-7-10(9)12-11(15)13(18)17-14(19)16-12/h4-7H,3,8H2,1-2H3,(H2,16,17,18,19)/t15-/m0/s1. The fraction of sp³-hybridized carbons (Fsp3) is 0.333. The summed E-state index contributed by atoms with van der Waals surface area (Å²) in [6, 6.07) is 8.22. The second-order valence-corrected chi connectivity index (χ2v) is 5.81. The molecule has 1 aromatic heterocycles. The van der Waals surface area contributed by atoms with Gasteiger partial charge in [0.05, 0.1) is 5.69 Å². The number of nitrogens with one attached hydrogen (secondary N) is 2. The zero-order chi connectivity index (χ0) is 13.6. The summed E-state index contributed by atoms with van der Waals surface area (Å²) in [5.41, 5.74) is 3.90. The van der Waals surface area contributed by atoms with Gasteiger partial charge in [-0.15, -0.1) is 0 Å². The highest BCUT2D eigenvalue weighted by molar-refractivity contribution is 7.71. The molecule has 4 heteroatoms. The second-order valence-electron chi connectivity index (χ2n) is 5.41. The number of hydrogen-bond donors (Lipinski definition) is 2. The zero-order valence-corrected chi connectivity index (χ0v) is 11.9. The van der Waals surface area contributed by atoms with E-state index in [-0.39, 0.29) is 11.0 Å². The molecule has 1 atom stereocenters. The summed E-state index contributed by atoms with van der Waals surface area (Å²) in [5, 5.41) is 0. The highest BCUT2D eigenvalue weighted by atomic mass is 32.1.